The predicted octanol–water partition coefficient (Wildman–Crippen LogP) is 11.9. The Labute approximate surface area is 266 Å². The Bertz CT molecular complexity index is 2780. The van der Waals surface area contributed by atoms with Crippen LogP contribution >= 0.6 is 0 Å². The van der Waals surface area contributed by atoms with Crippen molar-refractivity contribution >= 4 is 65.2 Å². The van der Waals surface area contributed by atoms with Crippen LogP contribution in [0, 0.1) is 0 Å². The van der Waals surface area contributed by atoms with Crippen LogP contribution in [-0.2, 0) is 0 Å². The SMILES string of the molecule is c1ccc(-n2c3ccccc3c3cc(-c4c5ccccc5cc5c6ccc7ccccc7c6n(-c6ccccc6)c45)ccc32)cc1. The fourth-order valence-electron chi connectivity index (χ4n) is 7.71. The molecule has 0 radical (unpaired) electrons. The third-order valence-electron chi connectivity index (χ3n) is 9.65. The molecule has 0 aliphatic rings. The summed E-state index contributed by atoms with van der Waals surface area (Å²) in [7, 11) is 0. The number of benzene rings is 8. The van der Waals surface area contributed by atoms with Crippen LogP contribution in [0.5, 0.6) is 0 Å². The molecule has 2 nitrogen and oxygen atoms in total. The van der Waals surface area contributed by atoms with Crippen LogP contribution in [0.25, 0.3) is 87.7 Å². The standard InChI is InChI=1S/C44H28N2/c1-3-15-32(16-4-1)45-40-22-12-11-21-36(40)38-28-31(24-26-41(38)45)42-34-19-9-8-14-30(34)27-39-37-25-23-29-13-7-10-20-35(29)43(37)46(44(39)42)33-17-5-2-6-18-33/h1-28H. The van der Waals surface area contributed by atoms with Gasteiger partial charge in [-0.2, -0.15) is 0 Å². The van der Waals surface area contributed by atoms with Gasteiger partial charge in [0.1, 0.15) is 0 Å². The maximum Gasteiger partial charge on any atom is 0.0626 e. The Morgan fingerprint density at radius 3 is 1.70 bits per heavy atom. The highest BCUT2D eigenvalue weighted by Crippen LogP contribution is 2.45. The highest BCUT2D eigenvalue weighted by atomic mass is 15.0. The van der Waals surface area contributed by atoms with Crippen molar-refractivity contribution in [1.29, 1.82) is 0 Å². The molecule has 10 aromatic rings. The molecule has 46 heavy (non-hydrogen) atoms. The third-order valence-corrected chi connectivity index (χ3v) is 9.65. The highest BCUT2D eigenvalue weighted by Gasteiger charge is 2.22. The van der Waals surface area contributed by atoms with Gasteiger partial charge < -0.3 is 9.13 Å². The molecule has 8 aromatic carbocycles. The van der Waals surface area contributed by atoms with Crippen LogP contribution in [0.1, 0.15) is 0 Å². The van der Waals surface area contributed by atoms with Gasteiger partial charge in [-0.05, 0) is 70.3 Å². The summed E-state index contributed by atoms with van der Waals surface area (Å²) < 4.78 is 4.90. The molecular weight excluding hydrogens is 556 g/mol. The molecule has 0 saturated carbocycles. The first-order chi connectivity index (χ1) is 22.8. The number of para-hydroxylation sites is 3. The molecule has 0 N–H and O–H groups in total. The van der Waals surface area contributed by atoms with Gasteiger partial charge in [-0.3, -0.25) is 0 Å². The van der Waals surface area contributed by atoms with E-state index in [2.05, 4.69) is 179 Å². The van der Waals surface area contributed by atoms with Crippen molar-refractivity contribution in [2.24, 2.45) is 0 Å². The third kappa shape index (κ3) is 3.53. The molecule has 10 rings (SSSR count). The van der Waals surface area contributed by atoms with E-state index in [1.165, 1.54) is 82.0 Å². The van der Waals surface area contributed by atoms with Gasteiger partial charge >= 0.3 is 0 Å². The molecule has 0 bridgehead atoms. The molecular formula is C44H28N2. The van der Waals surface area contributed by atoms with E-state index in [1.807, 2.05) is 0 Å². The van der Waals surface area contributed by atoms with Crippen LogP contribution in [0.4, 0.5) is 0 Å². The smallest absolute Gasteiger partial charge is 0.0626 e. The van der Waals surface area contributed by atoms with Crippen molar-refractivity contribution in [3.63, 3.8) is 0 Å². The van der Waals surface area contributed by atoms with E-state index < -0.39 is 0 Å². The maximum atomic E-state index is 2.51. The molecule has 0 unspecified atom stereocenters. The molecule has 0 spiro atoms. The Hall–Kier alpha value is -6.12. The van der Waals surface area contributed by atoms with Gasteiger partial charge in [0.05, 0.1) is 22.1 Å². The van der Waals surface area contributed by atoms with E-state index in [-0.39, 0.29) is 0 Å². The van der Waals surface area contributed by atoms with Crippen LogP contribution in [-0.4, -0.2) is 9.13 Å². The van der Waals surface area contributed by atoms with Gasteiger partial charge in [-0.15, -0.1) is 0 Å². The molecule has 2 heterocycles. The van der Waals surface area contributed by atoms with Crippen molar-refractivity contribution in [3.05, 3.63) is 170 Å². The zero-order valence-corrected chi connectivity index (χ0v) is 25.1. The number of rotatable bonds is 3. The molecule has 0 aliphatic heterocycles. The summed E-state index contributed by atoms with van der Waals surface area (Å²) in [4.78, 5) is 0. The Balaban J connectivity index is 1.40. The number of nitrogens with zero attached hydrogens (tertiary/aromatic N) is 2. The second kappa shape index (κ2) is 9.69. The summed E-state index contributed by atoms with van der Waals surface area (Å²) in [5.74, 6) is 0. The molecule has 0 saturated heterocycles. The number of hydrogen-bond acceptors (Lipinski definition) is 0. The summed E-state index contributed by atoms with van der Waals surface area (Å²) in [5.41, 5.74) is 9.73. The lowest BCUT2D eigenvalue weighted by molar-refractivity contribution is 1.18. The van der Waals surface area contributed by atoms with Gasteiger partial charge in [0.2, 0.25) is 0 Å². The first-order valence-corrected chi connectivity index (χ1v) is 15.9. The minimum Gasteiger partial charge on any atom is -0.309 e. The van der Waals surface area contributed by atoms with Gasteiger partial charge in [-0.1, -0.05) is 121 Å². The van der Waals surface area contributed by atoms with Crippen LogP contribution in [0.3, 0.4) is 0 Å². The average molecular weight is 585 g/mol. The number of hydrogen-bond donors (Lipinski definition) is 0. The molecule has 2 heteroatoms. The summed E-state index contributed by atoms with van der Waals surface area (Å²) in [6, 6.07) is 62.0. The topological polar surface area (TPSA) is 9.86 Å². The van der Waals surface area contributed by atoms with E-state index in [9.17, 15) is 0 Å². The van der Waals surface area contributed by atoms with E-state index in [1.54, 1.807) is 0 Å². The molecule has 214 valence electrons. The minimum absolute atomic E-state index is 1.16. The largest absolute Gasteiger partial charge is 0.309 e. The Kier molecular flexibility index (Phi) is 5.31. The summed E-state index contributed by atoms with van der Waals surface area (Å²) in [5, 5.41) is 10.1. The molecule has 0 fully saturated rings. The maximum absolute atomic E-state index is 2.51. The van der Waals surface area contributed by atoms with Crippen LogP contribution < -0.4 is 0 Å². The van der Waals surface area contributed by atoms with Gasteiger partial charge in [0, 0.05) is 43.9 Å². The number of aromatic nitrogens is 2. The quantitative estimate of drug-likeness (QED) is 0.195. The fourth-order valence-corrected chi connectivity index (χ4v) is 7.71. The Morgan fingerprint density at radius 1 is 0.304 bits per heavy atom. The first-order valence-electron chi connectivity index (χ1n) is 15.9. The van der Waals surface area contributed by atoms with Crippen molar-refractivity contribution < 1.29 is 0 Å². The monoisotopic (exact) mass is 584 g/mol. The van der Waals surface area contributed by atoms with Crippen molar-refractivity contribution in [2.45, 2.75) is 0 Å². The van der Waals surface area contributed by atoms with Crippen molar-refractivity contribution in [3.8, 4) is 22.5 Å². The van der Waals surface area contributed by atoms with Crippen LogP contribution in [0.2, 0.25) is 0 Å². The molecule has 0 aliphatic carbocycles. The lowest BCUT2D eigenvalue weighted by Crippen LogP contribution is -1.97. The number of fused-ring (bicyclic) bond motifs is 9. The predicted molar refractivity (Wildman–Crippen MR) is 196 cm³/mol. The zero-order valence-electron chi connectivity index (χ0n) is 25.1. The summed E-state index contributed by atoms with van der Waals surface area (Å²) >= 11 is 0. The molecule has 0 amide bonds. The van der Waals surface area contributed by atoms with Crippen molar-refractivity contribution in [1.82, 2.24) is 9.13 Å². The average Bonchev–Trinajstić information content (AvgIpc) is 3.64. The van der Waals surface area contributed by atoms with Crippen molar-refractivity contribution in [2.75, 3.05) is 0 Å². The normalized spacial score (nSPS) is 11.9. The summed E-state index contributed by atoms with van der Waals surface area (Å²) in [6.45, 7) is 0. The lowest BCUT2D eigenvalue weighted by atomic mass is 9.93. The van der Waals surface area contributed by atoms with E-state index in [0.29, 0.717) is 0 Å². The van der Waals surface area contributed by atoms with Crippen LogP contribution in [0.15, 0.2) is 170 Å². The van der Waals surface area contributed by atoms with E-state index in [0.717, 1.165) is 5.69 Å². The van der Waals surface area contributed by atoms with Gasteiger partial charge in [-0.25, -0.2) is 0 Å². The lowest BCUT2D eigenvalue weighted by Gasteiger charge is -2.15. The zero-order chi connectivity index (χ0) is 30.2. The van der Waals surface area contributed by atoms with Gasteiger partial charge in [0.25, 0.3) is 0 Å². The second-order valence-corrected chi connectivity index (χ2v) is 12.1. The van der Waals surface area contributed by atoms with E-state index >= 15 is 0 Å². The highest BCUT2D eigenvalue weighted by molar-refractivity contribution is 6.26. The summed E-state index contributed by atoms with van der Waals surface area (Å²) in [6.07, 6.45) is 0. The van der Waals surface area contributed by atoms with E-state index in [4.69, 9.17) is 0 Å². The minimum atomic E-state index is 1.16. The molecule has 2 aromatic heterocycles. The second-order valence-electron chi connectivity index (χ2n) is 12.1. The van der Waals surface area contributed by atoms with Gasteiger partial charge in [0.15, 0.2) is 0 Å². The Morgan fingerprint density at radius 2 is 0.913 bits per heavy atom. The fraction of sp³-hybridized carbons (Fsp3) is 0. The molecule has 0 atom stereocenters. The first kappa shape index (κ1) is 25.2.